The van der Waals surface area contributed by atoms with Crippen LogP contribution in [0.25, 0.3) is 0 Å². The average molecular weight is 570 g/mol. The lowest BCUT2D eigenvalue weighted by molar-refractivity contribution is -0.139. The van der Waals surface area contributed by atoms with E-state index >= 15 is 0 Å². The number of carbonyl (C=O) groups excluding carboxylic acids is 2. The molecule has 0 bridgehead atoms. The van der Waals surface area contributed by atoms with Gasteiger partial charge in [-0.15, -0.1) is 0 Å². The highest BCUT2D eigenvalue weighted by Crippen LogP contribution is 2.32. The van der Waals surface area contributed by atoms with Gasteiger partial charge in [0, 0.05) is 13.1 Å². The molecule has 0 unspecified atom stereocenters. The van der Waals surface area contributed by atoms with Gasteiger partial charge in [0.1, 0.15) is 24.2 Å². The molecular weight excluding hydrogens is 533 g/mol. The summed E-state index contributed by atoms with van der Waals surface area (Å²) in [5.41, 5.74) is 0.790. The van der Waals surface area contributed by atoms with Crippen molar-refractivity contribution >= 4 is 27.5 Å². The molecule has 3 rings (SSSR count). The van der Waals surface area contributed by atoms with E-state index in [2.05, 4.69) is 5.32 Å². The van der Waals surface area contributed by atoms with Crippen molar-refractivity contribution in [1.29, 1.82) is 0 Å². The standard InChI is InChI=1S/C30H36FN3O5S/c1-4-6-20-32-30(36)23(3)33(21-24-16-18-25(31)19-17-24)29(35)22-34(27-14-10-11-15-28(27)39-5-2)40(37,38)26-12-8-7-9-13-26/h7-19,23H,4-6,20-22H2,1-3H3,(H,32,36)/t23-/m0/s1. The monoisotopic (exact) mass is 569 g/mol. The van der Waals surface area contributed by atoms with E-state index in [1.807, 2.05) is 6.92 Å². The summed E-state index contributed by atoms with van der Waals surface area (Å²) in [6.45, 7) is 5.50. The van der Waals surface area contributed by atoms with E-state index in [1.54, 1.807) is 56.3 Å². The van der Waals surface area contributed by atoms with Crippen molar-refractivity contribution in [3.05, 3.63) is 90.2 Å². The number of amides is 2. The highest BCUT2D eigenvalue weighted by atomic mass is 32.2. The maximum atomic E-state index is 13.9. The van der Waals surface area contributed by atoms with Gasteiger partial charge in [0.25, 0.3) is 10.0 Å². The van der Waals surface area contributed by atoms with E-state index in [0.29, 0.717) is 17.9 Å². The predicted molar refractivity (Wildman–Crippen MR) is 153 cm³/mol. The Morgan fingerprint density at radius 1 is 0.950 bits per heavy atom. The van der Waals surface area contributed by atoms with Gasteiger partial charge in [-0.1, -0.05) is 55.8 Å². The lowest BCUT2D eigenvalue weighted by Gasteiger charge is -2.32. The van der Waals surface area contributed by atoms with E-state index in [0.717, 1.165) is 17.1 Å². The van der Waals surface area contributed by atoms with Crippen molar-refractivity contribution < 1.29 is 27.1 Å². The summed E-state index contributed by atoms with van der Waals surface area (Å²) in [6.07, 6.45) is 1.67. The van der Waals surface area contributed by atoms with Crippen LogP contribution in [0.4, 0.5) is 10.1 Å². The van der Waals surface area contributed by atoms with Crippen molar-refractivity contribution in [1.82, 2.24) is 10.2 Å². The van der Waals surface area contributed by atoms with Crippen molar-refractivity contribution in [3.63, 3.8) is 0 Å². The molecule has 0 aromatic heterocycles. The Kier molecular flexibility index (Phi) is 11.1. The van der Waals surface area contributed by atoms with Gasteiger partial charge in [0.05, 0.1) is 17.2 Å². The fraction of sp³-hybridized carbons (Fsp3) is 0.333. The second-order valence-corrected chi connectivity index (χ2v) is 11.1. The summed E-state index contributed by atoms with van der Waals surface area (Å²) in [6, 6.07) is 19.1. The van der Waals surface area contributed by atoms with Crippen LogP contribution in [0.15, 0.2) is 83.8 Å². The molecule has 0 aliphatic heterocycles. The Bertz CT molecular complexity index is 1370. The van der Waals surface area contributed by atoms with E-state index in [9.17, 15) is 22.4 Å². The van der Waals surface area contributed by atoms with Gasteiger partial charge in [0.2, 0.25) is 11.8 Å². The number of para-hydroxylation sites is 2. The van der Waals surface area contributed by atoms with Crippen molar-refractivity contribution in [2.24, 2.45) is 0 Å². The quantitative estimate of drug-likeness (QED) is 0.283. The van der Waals surface area contributed by atoms with Gasteiger partial charge in [-0.25, -0.2) is 12.8 Å². The summed E-state index contributed by atoms with van der Waals surface area (Å²) in [7, 11) is -4.21. The highest BCUT2D eigenvalue weighted by Gasteiger charge is 2.33. The molecule has 40 heavy (non-hydrogen) atoms. The summed E-state index contributed by atoms with van der Waals surface area (Å²) >= 11 is 0. The average Bonchev–Trinajstić information content (AvgIpc) is 2.96. The van der Waals surface area contributed by atoms with Gasteiger partial charge in [-0.3, -0.25) is 13.9 Å². The van der Waals surface area contributed by atoms with E-state index < -0.39 is 34.3 Å². The van der Waals surface area contributed by atoms with Gasteiger partial charge < -0.3 is 15.0 Å². The van der Waals surface area contributed by atoms with Crippen LogP contribution in [0.5, 0.6) is 5.75 Å². The third-order valence-electron chi connectivity index (χ3n) is 6.31. The molecule has 1 N–H and O–H groups in total. The van der Waals surface area contributed by atoms with Crippen LogP contribution in [0, 0.1) is 5.82 Å². The van der Waals surface area contributed by atoms with Crippen LogP contribution in [-0.2, 0) is 26.2 Å². The van der Waals surface area contributed by atoms with E-state index in [4.69, 9.17) is 4.74 Å². The van der Waals surface area contributed by atoms with Crippen molar-refractivity contribution in [2.75, 3.05) is 24.0 Å². The third-order valence-corrected chi connectivity index (χ3v) is 8.08. The number of rotatable bonds is 14. The number of unbranched alkanes of at least 4 members (excludes halogenated alkanes) is 1. The summed E-state index contributed by atoms with van der Waals surface area (Å²) in [4.78, 5) is 28.3. The van der Waals surface area contributed by atoms with Crippen LogP contribution in [0.1, 0.15) is 39.2 Å². The minimum atomic E-state index is -4.21. The zero-order valence-corrected chi connectivity index (χ0v) is 23.9. The first-order valence-electron chi connectivity index (χ1n) is 13.3. The number of halogens is 1. The molecule has 0 spiro atoms. The summed E-state index contributed by atoms with van der Waals surface area (Å²) in [5, 5.41) is 2.84. The van der Waals surface area contributed by atoms with Crippen LogP contribution >= 0.6 is 0 Å². The first-order valence-corrected chi connectivity index (χ1v) is 14.7. The Morgan fingerprint density at radius 2 is 1.60 bits per heavy atom. The molecule has 0 aliphatic carbocycles. The number of carbonyl (C=O) groups is 2. The van der Waals surface area contributed by atoms with E-state index in [1.165, 1.54) is 41.3 Å². The minimum absolute atomic E-state index is 0.00421. The van der Waals surface area contributed by atoms with Crippen LogP contribution in [-0.4, -0.2) is 50.9 Å². The Balaban J connectivity index is 2.03. The molecule has 0 fully saturated rings. The molecule has 10 heteroatoms. The molecular formula is C30H36FN3O5S. The highest BCUT2D eigenvalue weighted by molar-refractivity contribution is 7.92. The minimum Gasteiger partial charge on any atom is -0.492 e. The van der Waals surface area contributed by atoms with E-state index in [-0.39, 0.29) is 29.6 Å². The first kappa shape index (κ1) is 30.6. The molecule has 0 saturated heterocycles. The zero-order valence-electron chi connectivity index (χ0n) is 23.0. The molecule has 8 nitrogen and oxygen atoms in total. The number of hydrogen-bond donors (Lipinski definition) is 1. The Morgan fingerprint density at radius 3 is 2.25 bits per heavy atom. The molecule has 1 atom stereocenters. The van der Waals surface area contributed by atoms with Crippen LogP contribution < -0.4 is 14.4 Å². The molecule has 3 aromatic carbocycles. The molecule has 0 heterocycles. The van der Waals surface area contributed by atoms with Crippen LogP contribution in [0.2, 0.25) is 0 Å². The second kappa shape index (κ2) is 14.5. The maximum Gasteiger partial charge on any atom is 0.264 e. The maximum absolute atomic E-state index is 13.9. The number of anilines is 1. The number of hydrogen-bond acceptors (Lipinski definition) is 5. The molecule has 0 radical (unpaired) electrons. The van der Waals surface area contributed by atoms with Crippen molar-refractivity contribution in [3.8, 4) is 5.75 Å². The number of sulfonamides is 1. The first-order chi connectivity index (χ1) is 19.2. The fourth-order valence-corrected chi connectivity index (χ4v) is 5.52. The second-order valence-electron chi connectivity index (χ2n) is 9.19. The SMILES string of the molecule is CCCCNC(=O)[C@H](C)N(Cc1ccc(F)cc1)C(=O)CN(c1ccccc1OCC)S(=O)(=O)c1ccccc1. The van der Waals surface area contributed by atoms with Gasteiger partial charge in [-0.05, 0) is 62.2 Å². The lowest BCUT2D eigenvalue weighted by atomic mass is 10.1. The number of benzene rings is 3. The Labute approximate surface area is 235 Å². The normalized spacial score (nSPS) is 11.9. The number of nitrogens with one attached hydrogen (secondary N) is 1. The summed E-state index contributed by atoms with van der Waals surface area (Å²) < 4.78 is 48.1. The largest absolute Gasteiger partial charge is 0.492 e. The molecule has 3 aromatic rings. The van der Waals surface area contributed by atoms with Gasteiger partial charge >= 0.3 is 0 Å². The number of ether oxygens (including phenoxy) is 1. The molecule has 0 aliphatic rings. The summed E-state index contributed by atoms with van der Waals surface area (Å²) in [5.74, 6) is -1.10. The van der Waals surface area contributed by atoms with Crippen molar-refractivity contribution in [2.45, 2.75) is 51.1 Å². The molecule has 0 saturated carbocycles. The Hall–Kier alpha value is -3.92. The van der Waals surface area contributed by atoms with Gasteiger partial charge in [-0.2, -0.15) is 0 Å². The van der Waals surface area contributed by atoms with Crippen LogP contribution in [0.3, 0.4) is 0 Å². The predicted octanol–water partition coefficient (Wildman–Crippen LogP) is 4.75. The number of nitrogens with zero attached hydrogens (tertiary/aromatic N) is 2. The lowest BCUT2D eigenvalue weighted by Crippen LogP contribution is -2.51. The topological polar surface area (TPSA) is 96.0 Å². The van der Waals surface area contributed by atoms with Gasteiger partial charge in [0.15, 0.2) is 0 Å². The molecule has 214 valence electrons. The zero-order chi connectivity index (χ0) is 29.1. The molecule has 2 amide bonds. The fourth-order valence-electron chi connectivity index (χ4n) is 4.08. The third kappa shape index (κ3) is 7.81. The smallest absolute Gasteiger partial charge is 0.264 e.